The van der Waals surface area contributed by atoms with Crippen molar-refractivity contribution < 1.29 is 14.3 Å². The van der Waals surface area contributed by atoms with E-state index < -0.39 is 0 Å². The van der Waals surface area contributed by atoms with Crippen LogP contribution in [0.4, 0.5) is 5.69 Å². The molecule has 1 heterocycles. The van der Waals surface area contributed by atoms with E-state index >= 15 is 0 Å². The highest BCUT2D eigenvalue weighted by atomic mass is 32.2. The monoisotopic (exact) mass is 507 g/mol. The van der Waals surface area contributed by atoms with E-state index in [-0.39, 0.29) is 29.5 Å². The van der Waals surface area contributed by atoms with Crippen LogP contribution in [0, 0.1) is 19.8 Å². The fourth-order valence-electron chi connectivity index (χ4n) is 3.62. The standard InChI is InChI=1S/C27H33N5O3S/c1-7-14-32-25(24(17(2)3)29-26(34)20-10-12-21(35-6)13-11-20)30-31-27(32)36-16-23(33)28-22-15-18(4)8-9-19(22)5/h7-13,15,17,24H,1,14,16H2,2-6H3,(H,28,33)(H,29,34)/t24-/m1/s1. The van der Waals surface area contributed by atoms with Crippen LogP contribution in [0.3, 0.4) is 0 Å². The van der Waals surface area contributed by atoms with Crippen LogP contribution in [0.1, 0.15) is 47.2 Å². The van der Waals surface area contributed by atoms with E-state index in [1.807, 2.05) is 50.5 Å². The number of thioether (sulfide) groups is 1. The Balaban J connectivity index is 1.75. The average molecular weight is 508 g/mol. The quantitative estimate of drug-likeness (QED) is 0.282. The van der Waals surface area contributed by atoms with Crippen LogP contribution in [0.5, 0.6) is 5.75 Å². The van der Waals surface area contributed by atoms with Crippen molar-refractivity contribution in [2.75, 3.05) is 18.2 Å². The lowest BCUT2D eigenvalue weighted by atomic mass is 10.0. The third-order valence-electron chi connectivity index (χ3n) is 5.64. The molecule has 190 valence electrons. The molecule has 0 saturated heterocycles. The van der Waals surface area contributed by atoms with Gasteiger partial charge in [0.05, 0.1) is 18.9 Å². The molecule has 8 nitrogen and oxygen atoms in total. The van der Waals surface area contributed by atoms with Gasteiger partial charge in [0, 0.05) is 17.8 Å². The lowest BCUT2D eigenvalue weighted by Crippen LogP contribution is -2.33. The van der Waals surface area contributed by atoms with Crippen molar-refractivity contribution in [2.24, 2.45) is 5.92 Å². The number of nitrogens with one attached hydrogen (secondary N) is 2. The van der Waals surface area contributed by atoms with E-state index in [1.54, 1.807) is 37.5 Å². The van der Waals surface area contributed by atoms with Gasteiger partial charge in [0.15, 0.2) is 11.0 Å². The van der Waals surface area contributed by atoms with Gasteiger partial charge in [-0.25, -0.2) is 0 Å². The number of aromatic nitrogens is 3. The maximum atomic E-state index is 13.0. The van der Waals surface area contributed by atoms with E-state index in [0.29, 0.717) is 28.8 Å². The highest BCUT2D eigenvalue weighted by Gasteiger charge is 2.26. The Kier molecular flexibility index (Phi) is 9.30. The van der Waals surface area contributed by atoms with Crippen molar-refractivity contribution in [2.45, 2.75) is 45.4 Å². The summed E-state index contributed by atoms with van der Waals surface area (Å²) in [4.78, 5) is 25.6. The third-order valence-corrected chi connectivity index (χ3v) is 6.61. The largest absolute Gasteiger partial charge is 0.497 e. The van der Waals surface area contributed by atoms with Gasteiger partial charge in [-0.05, 0) is 61.2 Å². The molecule has 3 rings (SSSR count). The first-order chi connectivity index (χ1) is 17.2. The second-order valence-electron chi connectivity index (χ2n) is 8.82. The molecule has 1 aromatic heterocycles. The molecule has 0 aliphatic rings. The van der Waals surface area contributed by atoms with Gasteiger partial charge >= 0.3 is 0 Å². The van der Waals surface area contributed by atoms with Gasteiger partial charge < -0.3 is 19.9 Å². The number of rotatable bonds is 11. The van der Waals surface area contributed by atoms with Crippen LogP contribution < -0.4 is 15.4 Å². The van der Waals surface area contributed by atoms with Crippen LogP contribution >= 0.6 is 11.8 Å². The highest BCUT2D eigenvalue weighted by Crippen LogP contribution is 2.26. The van der Waals surface area contributed by atoms with Crippen molar-refractivity contribution >= 4 is 29.3 Å². The Morgan fingerprint density at radius 3 is 2.50 bits per heavy atom. The number of amides is 2. The fourth-order valence-corrected chi connectivity index (χ4v) is 4.38. The van der Waals surface area contributed by atoms with Gasteiger partial charge in [0.25, 0.3) is 5.91 Å². The molecular weight excluding hydrogens is 474 g/mol. The lowest BCUT2D eigenvalue weighted by Gasteiger charge is -2.22. The van der Waals surface area contributed by atoms with Gasteiger partial charge in [0.1, 0.15) is 5.75 Å². The fraction of sp³-hybridized carbons (Fsp3) is 0.333. The van der Waals surface area contributed by atoms with E-state index in [4.69, 9.17) is 4.74 Å². The number of nitrogens with zero attached hydrogens (tertiary/aromatic N) is 3. The number of hydrogen-bond acceptors (Lipinski definition) is 6. The molecule has 36 heavy (non-hydrogen) atoms. The summed E-state index contributed by atoms with van der Waals surface area (Å²) in [6.45, 7) is 12.3. The zero-order valence-electron chi connectivity index (χ0n) is 21.4. The summed E-state index contributed by atoms with van der Waals surface area (Å²) in [6, 6.07) is 12.5. The second-order valence-corrected chi connectivity index (χ2v) is 9.76. The first-order valence-electron chi connectivity index (χ1n) is 11.7. The molecule has 0 unspecified atom stereocenters. The first-order valence-corrected chi connectivity index (χ1v) is 12.7. The average Bonchev–Trinajstić information content (AvgIpc) is 3.25. The molecule has 2 amide bonds. The van der Waals surface area contributed by atoms with Crippen molar-refractivity contribution in [3.63, 3.8) is 0 Å². The van der Waals surface area contributed by atoms with Gasteiger partial charge in [-0.2, -0.15) is 0 Å². The number of carbonyl (C=O) groups excluding carboxylic acids is 2. The first kappa shape index (κ1) is 27.0. The predicted molar refractivity (Wildman–Crippen MR) is 144 cm³/mol. The summed E-state index contributed by atoms with van der Waals surface area (Å²) in [7, 11) is 1.58. The Labute approximate surface area is 216 Å². The van der Waals surface area contributed by atoms with E-state index in [0.717, 1.165) is 16.8 Å². The van der Waals surface area contributed by atoms with Crippen LogP contribution in [0.25, 0.3) is 0 Å². The molecule has 0 bridgehead atoms. The van der Waals surface area contributed by atoms with Crippen LogP contribution in [0.2, 0.25) is 0 Å². The number of carbonyl (C=O) groups is 2. The summed E-state index contributed by atoms with van der Waals surface area (Å²) in [5.74, 6) is 1.17. The molecule has 2 aromatic carbocycles. The van der Waals surface area contributed by atoms with E-state index in [9.17, 15) is 9.59 Å². The molecular formula is C27H33N5O3S. The lowest BCUT2D eigenvalue weighted by molar-refractivity contribution is -0.113. The van der Waals surface area contributed by atoms with Crippen molar-refractivity contribution in [1.82, 2.24) is 20.1 Å². The Morgan fingerprint density at radius 2 is 1.86 bits per heavy atom. The number of methoxy groups -OCH3 is 1. The van der Waals surface area contributed by atoms with Gasteiger partial charge in [-0.3, -0.25) is 9.59 Å². The maximum Gasteiger partial charge on any atom is 0.251 e. The summed E-state index contributed by atoms with van der Waals surface area (Å²) >= 11 is 1.30. The second kappa shape index (κ2) is 12.4. The highest BCUT2D eigenvalue weighted by molar-refractivity contribution is 7.99. The van der Waals surface area contributed by atoms with E-state index in [2.05, 4.69) is 27.4 Å². The van der Waals surface area contributed by atoms with Crippen LogP contribution in [0.15, 0.2) is 60.3 Å². The van der Waals surface area contributed by atoms with Gasteiger partial charge in [-0.15, -0.1) is 16.8 Å². The number of allylic oxidation sites excluding steroid dienone is 1. The van der Waals surface area contributed by atoms with Crippen molar-refractivity contribution in [3.05, 3.63) is 77.6 Å². The SMILES string of the molecule is C=CCn1c(SCC(=O)Nc2cc(C)ccc2C)nnc1[C@H](NC(=O)c1ccc(OC)cc1)C(C)C. The summed E-state index contributed by atoms with van der Waals surface area (Å²) in [5, 5.41) is 15.4. The number of aryl methyl sites for hydroxylation is 2. The minimum absolute atomic E-state index is 0.0467. The molecule has 1 atom stereocenters. The molecule has 3 aromatic rings. The summed E-state index contributed by atoms with van der Waals surface area (Å²) in [6.07, 6.45) is 1.75. The topological polar surface area (TPSA) is 98.1 Å². The zero-order valence-corrected chi connectivity index (χ0v) is 22.2. The number of benzene rings is 2. The summed E-state index contributed by atoms with van der Waals surface area (Å²) < 4.78 is 7.06. The minimum atomic E-state index is -0.384. The van der Waals surface area contributed by atoms with Crippen LogP contribution in [-0.4, -0.2) is 39.4 Å². The number of ether oxygens (including phenoxy) is 1. The Hall–Kier alpha value is -3.59. The summed E-state index contributed by atoms with van der Waals surface area (Å²) in [5.41, 5.74) is 3.41. The molecule has 0 aliphatic heterocycles. The molecule has 0 radical (unpaired) electrons. The Morgan fingerprint density at radius 1 is 1.14 bits per heavy atom. The minimum Gasteiger partial charge on any atom is -0.497 e. The van der Waals surface area contributed by atoms with Crippen molar-refractivity contribution in [3.8, 4) is 5.75 Å². The number of anilines is 1. The zero-order chi connectivity index (χ0) is 26.2. The molecule has 0 spiro atoms. The third kappa shape index (κ3) is 6.75. The smallest absolute Gasteiger partial charge is 0.251 e. The molecule has 9 heteroatoms. The van der Waals surface area contributed by atoms with Crippen molar-refractivity contribution in [1.29, 1.82) is 0 Å². The Bertz CT molecular complexity index is 1220. The molecule has 0 fully saturated rings. The molecule has 0 saturated carbocycles. The maximum absolute atomic E-state index is 13.0. The normalized spacial score (nSPS) is 11.7. The number of hydrogen-bond donors (Lipinski definition) is 2. The van der Waals surface area contributed by atoms with Gasteiger partial charge in [0.2, 0.25) is 5.91 Å². The molecule has 2 N–H and O–H groups in total. The van der Waals surface area contributed by atoms with E-state index in [1.165, 1.54) is 11.8 Å². The molecule has 0 aliphatic carbocycles. The van der Waals surface area contributed by atoms with Crippen LogP contribution in [-0.2, 0) is 11.3 Å². The predicted octanol–water partition coefficient (Wildman–Crippen LogP) is 4.95. The van der Waals surface area contributed by atoms with Gasteiger partial charge in [-0.1, -0.05) is 43.8 Å².